The lowest BCUT2D eigenvalue weighted by Gasteiger charge is -2.10. The average molecular weight is 393 g/mol. The van der Waals surface area contributed by atoms with Gasteiger partial charge < -0.3 is 14.5 Å². The fraction of sp³-hybridized carbons (Fsp3) is 0.0909. The van der Waals surface area contributed by atoms with Crippen molar-refractivity contribution >= 4 is 22.5 Å². The summed E-state index contributed by atoms with van der Waals surface area (Å²) in [5, 5.41) is 1.23. The Labute approximate surface area is 166 Å². The Morgan fingerprint density at radius 2 is 1.57 bits per heavy atom. The maximum atomic E-state index is 12.3. The Kier molecular flexibility index (Phi) is 4.75. The molecular formula is C22H17ClN2O3. The van der Waals surface area contributed by atoms with Gasteiger partial charge in [0.2, 0.25) is 5.56 Å². The van der Waals surface area contributed by atoms with E-state index < -0.39 is 0 Å². The number of aromatic nitrogens is 2. The molecule has 0 fully saturated rings. The van der Waals surface area contributed by atoms with Gasteiger partial charge in [0.25, 0.3) is 0 Å². The quantitative estimate of drug-likeness (QED) is 0.500. The van der Waals surface area contributed by atoms with E-state index in [2.05, 4.69) is 9.97 Å². The zero-order valence-electron chi connectivity index (χ0n) is 15.3. The zero-order chi connectivity index (χ0) is 19.7. The second-order valence-electron chi connectivity index (χ2n) is 6.26. The van der Waals surface area contributed by atoms with E-state index in [0.717, 1.165) is 22.2 Å². The van der Waals surface area contributed by atoms with Crippen LogP contribution in [0.4, 0.5) is 0 Å². The van der Waals surface area contributed by atoms with Crippen molar-refractivity contribution in [1.29, 1.82) is 0 Å². The van der Waals surface area contributed by atoms with Crippen LogP contribution in [0.5, 0.6) is 11.5 Å². The maximum Gasteiger partial charge on any atom is 0.249 e. The maximum absolute atomic E-state index is 12.3. The van der Waals surface area contributed by atoms with Gasteiger partial charge in [-0.15, -0.1) is 0 Å². The number of methoxy groups -OCH3 is 2. The summed E-state index contributed by atoms with van der Waals surface area (Å²) in [4.78, 5) is 19.6. The average Bonchev–Trinajstić information content (AvgIpc) is 2.72. The third-order valence-electron chi connectivity index (χ3n) is 4.53. The lowest BCUT2D eigenvalue weighted by molar-refractivity contribution is 0.415. The smallest absolute Gasteiger partial charge is 0.249 e. The van der Waals surface area contributed by atoms with Crippen LogP contribution in [0.2, 0.25) is 5.15 Å². The van der Waals surface area contributed by atoms with Crippen LogP contribution in [-0.4, -0.2) is 24.2 Å². The number of ether oxygens (including phenoxy) is 2. The fourth-order valence-corrected chi connectivity index (χ4v) is 3.33. The molecule has 5 nitrogen and oxygen atoms in total. The molecule has 0 atom stereocenters. The Bertz CT molecular complexity index is 1220. The van der Waals surface area contributed by atoms with Gasteiger partial charge in [0.1, 0.15) is 16.7 Å². The molecule has 2 heterocycles. The van der Waals surface area contributed by atoms with Gasteiger partial charge in [-0.2, -0.15) is 0 Å². The van der Waals surface area contributed by atoms with E-state index in [9.17, 15) is 4.79 Å². The van der Waals surface area contributed by atoms with Crippen LogP contribution in [-0.2, 0) is 0 Å². The van der Waals surface area contributed by atoms with Gasteiger partial charge in [-0.05, 0) is 59.7 Å². The Hall–Kier alpha value is -3.31. The van der Waals surface area contributed by atoms with Gasteiger partial charge in [0, 0.05) is 28.8 Å². The van der Waals surface area contributed by atoms with Crippen molar-refractivity contribution in [2.45, 2.75) is 0 Å². The van der Waals surface area contributed by atoms with Crippen LogP contribution in [0.25, 0.3) is 33.3 Å². The molecule has 1 N–H and O–H groups in total. The van der Waals surface area contributed by atoms with Gasteiger partial charge in [-0.3, -0.25) is 4.79 Å². The van der Waals surface area contributed by atoms with E-state index in [1.54, 1.807) is 14.2 Å². The number of nitrogens with one attached hydrogen (secondary N) is 1. The number of benzene rings is 2. The monoisotopic (exact) mass is 392 g/mol. The van der Waals surface area contributed by atoms with E-state index in [4.69, 9.17) is 21.1 Å². The number of halogens is 1. The zero-order valence-corrected chi connectivity index (χ0v) is 16.1. The number of pyridine rings is 2. The summed E-state index contributed by atoms with van der Waals surface area (Å²) in [5.74, 6) is 1.46. The number of hydrogen-bond acceptors (Lipinski definition) is 4. The third-order valence-corrected chi connectivity index (χ3v) is 4.82. The van der Waals surface area contributed by atoms with E-state index in [1.165, 1.54) is 6.07 Å². The lowest BCUT2D eigenvalue weighted by atomic mass is 10.0. The Morgan fingerprint density at radius 3 is 2.29 bits per heavy atom. The topological polar surface area (TPSA) is 64.2 Å². The van der Waals surface area contributed by atoms with Crippen LogP contribution < -0.4 is 15.0 Å². The number of nitrogens with zero attached hydrogens (tertiary/aromatic N) is 1. The first-order chi connectivity index (χ1) is 13.6. The minimum absolute atomic E-state index is 0.214. The van der Waals surface area contributed by atoms with E-state index >= 15 is 0 Å². The largest absolute Gasteiger partial charge is 0.497 e. The number of fused-ring (bicyclic) bond motifs is 1. The SMILES string of the molecule is COc1ccc(-c2cc(-c3cc4ccc(OC)cc4nc3Cl)cc(=O)[nH]2)cc1. The van der Waals surface area contributed by atoms with Crippen LogP contribution >= 0.6 is 11.6 Å². The number of H-pyrrole nitrogens is 1. The molecule has 4 rings (SSSR count). The van der Waals surface area contributed by atoms with Crippen molar-refractivity contribution in [3.8, 4) is 33.9 Å². The van der Waals surface area contributed by atoms with Crippen molar-refractivity contribution in [3.05, 3.63) is 76.2 Å². The summed E-state index contributed by atoms with van der Waals surface area (Å²) in [6.45, 7) is 0. The normalized spacial score (nSPS) is 10.8. The molecule has 4 aromatic rings. The molecule has 6 heteroatoms. The predicted octanol–water partition coefficient (Wildman–Crippen LogP) is 4.93. The molecule has 28 heavy (non-hydrogen) atoms. The van der Waals surface area contributed by atoms with E-state index in [0.29, 0.717) is 27.7 Å². The molecule has 0 spiro atoms. The third kappa shape index (κ3) is 3.44. The van der Waals surface area contributed by atoms with Gasteiger partial charge in [-0.25, -0.2) is 4.98 Å². The summed E-state index contributed by atoms with van der Waals surface area (Å²) in [6.07, 6.45) is 0. The fourth-order valence-electron chi connectivity index (χ4n) is 3.08. The first-order valence-electron chi connectivity index (χ1n) is 8.61. The molecule has 0 unspecified atom stereocenters. The van der Waals surface area contributed by atoms with Crippen LogP contribution in [0, 0.1) is 0 Å². The summed E-state index contributed by atoms with van der Waals surface area (Å²) in [6, 6.07) is 18.4. The first kappa shape index (κ1) is 18.1. The van der Waals surface area contributed by atoms with Gasteiger partial charge in [0.05, 0.1) is 19.7 Å². The molecule has 140 valence electrons. The molecule has 0 aliphatic rings. The van der Waals surface area contributed by atoms with Crippen molar-refractivity contribution in [2.75, 3.05) is 14.2 Å². The van der Waals surface area contributed by atoms with Crippen LogP contribution in [0.1, 0.15) is 0 Å². The van der Waals surface area contributed by atoms with Crippen molar-refractivity contribution in [1.82, 2.24) is 9.97 Å². The molecule has 0 saturated heterocycles. The highest BCUT2D eigenvalue weighted by Crippen LogP contribution is 2.32. The number of aromatic amines is 1. The first-order valence-corrected chi connectivity index (χ1v) is 8.98. The molecule has 0 radical (unpaired) electrons. The Morgan fingerprint density at radius 1 is 0.857 bits per heavy atom. The summed E-state index contributed by atoms with van der Waals surface area (Å²) < 4.78 is 10.4. The van der Waals surface area contributed by atoms with Gasteiger partial charge in [0.15, 0.2) is 0 Å². The molecule has 2 aromatic carbocycles. The van der Waals surface area contributed by atoms with Crippen molar-refractivity contribution < 1.29 is 9.47 Å². The van der Waals surface area contributed by atoms with Crippen molar-refractivity contribution in [3.63, 3.8) is 0 Å². The number of rotatable bonds is 4. The molecule has 0 bridgehead atoms. The van der Waals surface area contributed by atoms with Crippen LogP contribution in [0.3, 0.4) is 0 Å². The Balaban J connectivity index is 1.83. The lowest BCUT2D eigenvalue weighted by Crippen LogP contribution is -2.06. The second kappa shape index (κ2) is 7.37. The minimum atomic E-state index is -0.214. The van der Waals surface area contributed by atoms with E-state index in [-0.39, 0.29) is 5.56 Å². The van der Waals surface area contributed by atoms with Crippen molar-refractivity contribution in [2.24, 2.45) is 0 Å². The van der Waals surface area contributed by atoms with Gasteiger partial charge in [-0.1, -0.05) is 11.6 Å². The second-order valence-corrected chi connectivity index (χ2v) is 6.62. The molecular weight excluding hydrogens is 376 g/mol. The molecule has 0 amide bonds. The molecule has 0 aliphatic heterocycles. The van der Waals surface area contributed by atoms with Gasteiger partial charge >= 0.3 is 0 Å². The molecule has 0 aliphatic carbocycles. The van der Waals surface area contributed by atoms with E-state index in [1.807, 2.05) is 54.6 Å². The number of hydrogen-bond donors (Lipinski definition) is 1. The predicted molar refractivity (Wildman–Crippen MR) is 111 cm³/mol. The summed E-state index contributed by atoms with van der Waals surface area (Å²) in [5.41, 5.74) is 3.47. The molecule has 2 aromatic heterocycles. The highest BCUT2D eigenvalue weighted by atomic mass is 35.5. The summed E-state index contributed by atoms with van der Waals surface area (Å²) >= 11 is 6.44. The standard InChI is InChI=1S/C22H17ClN2O3/c1-27-16-6-3-13(4-7-16)19-10-15(11-21(26)24-19)18-9-14-5-8-17(28-2)12-20(14)25-22(18)23/h3-12H,1-2H3,(H,24,26). The highest BCUT2D eigenvalue weighted by Gasteiger charge is 2.11. The minimum Gasteiger partial charge on any atom is -0.497 e. The summed E-state index contributed by atoms with van der Waals surface area (Å²) in [7, 11) is 3.22. The van der Waals surface area contributed by atoms with Crippen LogP contribution in [0.15, 0.2) is 65.5 Å². The molecule has 0 saturated carbocycles. The highest BCUT2D eigenvalue weighted by molar-refractivity contribution is 6.32.